The molecular formula is C11H10F3NO5. The van der Waals surface area contributed by atoms with Crippen molar-refractivity contribution in [1.82, 2.24) is 5.32 Å². The summed E-state index contributed by atoms with van der Waals surface area (Å²) in [4.78, 5) is 22.4. The van der Waals surface area contributed by atoms with Gasteiger partial charge in [-0.05, 0) is 25.1 Å². The van der Waals surface area contributed by atoms with Gasteiger partial charge in [0.1, 0.15) is 11.5 Å². The number of carboxylic acid groups (broad SMARTS) is 1. The molecule has 0 fully saturated rings. The maximum atomic E-state index is 12.7. The first-order chi connectivity index (χ1) is 8.99. The number of carbonyl (C=O) groups is 2. The molecular weight excluding hydrogens is 283 g/mol. The lowest BCUT2D eigenvalue weighted by Gasteiger charge is -2.28. The van der Waals surface area contributed by atoms with Gasteiger partial charge in [0, 0.05) is 0 Å². The van der Waals surface area contributed by atoms with Crippen molar-refractivity contribution in [2.75, 3.05) is 0 Å². The number of aliphatic carboxylic acids is 1. The van der Waals surface area contributed by atoms with E-state index in [1.54, 1.807) is 0 Å². The number of halogens is 3. The summed E-state index contributed by atoms with van der Waals surface area (Å²) in [6.07, 6.45) is -5.25. The molecule has 0 saturated heterocycles. The predicted molar refractivity (Wildman–Crippen MR) is 59.3 cm³/mol. The van der Waals surface area contributed by atoms with Crippen LogP contribution < -0.4 is 5.32 Å². The fraction of sp³-hybridized carbons (Fsp3) is 0.273. The molecule has 110 valence electrons. The Morgan fingerprint density at radius 3 is 2.20 bits per heavy atom. The van der Waals surface area contributed by atoms with E-state index < -0.39 is 40.7 Å². The summed E-state index contributed by atoms with van der Waals surface area (Å²) in [5, 5.41) is 28.4. The van der Waals surface area contributed by atoms with E-state index in [1.165, 1.54) is 5.32 Å². The van der Waals surface area contributed by atoms with Gasteiger partial charge < -0.3 is 20.6 Å². The van der Waals surface area contributed by atoms with Gasteiger partial charge in [0.2, 0.25) is 5.54 Å². The summed E-state index contributed by atoms with van der Waals surface area (Å²) in [6.45, 7) is 0.271. The van der Waals surface area contributed by atoms with Crippen LogP contribution >= 0.6 is 0 Å². The molecule has 0 bridgehead atoms. The number of hydrogen-bond acceptors (Lipinski definition) is 4. The number of carbonyl (C=O) groups excluding carboxylic acids is 1. The smallest absolute Gasteiger partial charge is 0.422 e. The molecule has 1 amide bonds. The van der Waals surface area contributed by atoms with Crippen LogP contribution in [0, 0.1) is 0 Å². The van der Waals surface area contributed by atoms with E-state index in [-0.39, 0.29) is 6.92 Å². The lowest BCUT2D eigenvalue weighted by molar-refractivity contribution is -0.203. The van der Waals surface area contributed by atoms with Crippen LogP contribution in [0.15, 0.2) is 18.2 Å². The Kier molecular flexibility index (Phi) is 3.83. The van der Waals surface area contributed by atoms with Crippen LogP contribution in [0.4, 0.5) is 13.2 Å². The van der Waals surface area contributed by atoms with E-state index in [9.17, 15) is 27.9 Å². The lowest BCUT2D eigenvalue weighted by atomic mass is 10.0. The van der Waals surface area contributed by atoms with Gasteiger partial charge in [0.25, 0.3) is 5.91 Å². The van der Waals surface area contributed by atoms with Crippen LogP contribution in [0.3, 0.4) is 0 Å². The number of alkyl halides is 3. The largest absolute Gasteiger partial charge is 0.508 e. The lowest BCUT2D eigenvalue weighted by Crippen LogP contribution is -2.61. The average Bonchev–Trinajstić information content (AvgIpc) is 2.30. The highest BCUT2D eigenvalue weighted by atomic mass is 19.4. The van der Waals surface area contributed by atoms with Crippen LogP contribution in [0.2, 0.25) is 0 Å². The number of phenols is 2. The van der Waals surface area contributed by atoms with Gasteiger partial charge in [-0.3, -0.25) is 4.79 Å². The third-order valence-electron chi connectivity index (χ3n) is 2.58. The van der Waals surface area contributed by atoms with Crippen molar-refractivity contribution in [2.45, 2.75) is 18.6 Å². The third kappa shape index (κ3) is 2.76. The molecule has 20 heavy (non-hydrogen) atoms. The highest BCUT2D eigenvalue weighted by Crippen LogP contribution is 2.31. The topological polar surface area (TPSA) is 107 Å². The summed E-state index contributed by atoms with van der Waals surface area (Å²) in [6, 6.07) is 2.60. The fourth-order valence-electron chi connectivity index (χ4n) is 1.25. The average molecular weight is 293 g/mol. The zero-order valence-electron chi connectivity index (χ0n) is 10.0. The highest BCUT2D eigenvalue weighted by Gasteiger charge is 2.58. The molecule has 0 aromatic heterocycles. The van der Waals surface area contributed by atoms with Gasteiger partial charge in [-0.1, -0.05) is 0 Å². The summed E-state index contributed by atoms with van der Waals surface area (Å²) >= 11 is 0. The number of nitrogens with one attached hydrogen (secondary N) is 1. The molecule has 0 saturated carbocycles. The molecule has 9 heteroatoms. The standard InChI is InChI=1S/C11H10F3NO5/c1-10(9(19)20,11(12,13)14)15-8(18)6-4-5(16)2-3-7(6)17/h2-4,16-17H,1H3,(H,15,18)(H,19,20). The summed E-state index contributed by atoms with van der Waals surface area (Å²) in [7, 11) is 0. The van der Waals surface area contributed by atoms with Crippen LogP contribution in [-0.2, 0) is 4.79 Å². The molecule has 4 N–H and O–H groups in total. The molecule has 0 aliphatic rings. The minimum absolute atomic E-state index is 0.271. The first kappa shape index (κ1) is 15.6. The van der Waals surface area contributed by atoms with Gasteiger partial charge in [-0.25, -0.2) is 4.79 Å². The Labute approximate surface area is 110 Å². The second-order valence-corrected chi connectivity index (χ2v) is 4.08. The van der Waals surface area contributed by atoms with Crippen molar-refractivity contribution < 1.29 is 38.1 Å². The number of amides is 1. The third-order valence-corrected chi connectivity index (χ3v) is 2.58. The number of benzene rings is 1. The number of carboxylic acids is 1. The summed E-state index contributed by atoms with van der Waals surface area (Å²) in [5.41, 5.74) is -4.20. The SMILES string of the molecule is CC(NC(=O)c1cc(O)ccc1O)(C(=O)O)C(F)(F)F. The van der Waals surface area contributed by atoms with E-state index in [2.05, 4.69) is 0 Å². The van der Waals surface area contributed by atoms with E-state index in [4.69, 9.17) is 10.2 Å². The quantitative estimate of drug-likeness (QED) is 0.627. The minimum Gasteiger partial charge on any atom is -0.508 e. The first-order valence-electron chi connectivity index (χ1n) is 5.13. The Hall–Kier alpha value is -2.45. The van der Waals surface area contributed by atoms with Crippen molar-refractivity contribution in [3.63, 3.8) is 0 Å². The second kappa shape index (κ2) is 4.91. The van der Waals surface area contributed by atoms with Crippen molar-refractivity contribution in [3.8, 4) is 11.5 Å². The normalized spacial score (nSPS) is 14.4. The molecule has 0 spiro atoms. The van der Waals surface area contributed by atoms with Crippen molar-refractivity contribution in [1.29, 1.82) is 0 Å². The molecule has 1 rings (SSSR count). The van der Waals surface area contributed by atoms with Crippen molar-refractivity contribution >= 4 is 11.9 Å². The number of rotatable bonds is 3. The number of hydrogen-bond donors (Lipinski definition) is 4. The minimum atomic E-state index is -5.25. The summed E-state index contributed by atoms with van der Waals surface area (Å²) < 4.78 is 38.1. The van der Waals surface area contributed by atoms with Crippen LogP contribution in [0.1, 0.15) is 17.3 Å². The number of phenolic OH excluding ortho intramolecular Hbond substituents is 2. The van der Waals surface area contributed by atoms with Crippen LogP contribution in [0.5, 0.6) is 11.5 Å². The molecule has 0 heterocycles. The first-order valence-corrected chi connectivity index (χ1v) is 5.13. The maximum Gasteiger partial charge on any atom is 0.422 e. The predicted octanol–water partition coefficient (Wildman–Crippen LogP) is 1.23. The molecule has 0 aliphatic heterocycles. The monoisotopic (exact) mass is 293 g/mol. The molecule has 6 nitrogen and oxygen atoms in total. The molecule has 1 atom stereocenters. The highest BCUT2D eigenvalue weighted by molar-refractivity contribution is 6.00. The molecule has 0 radical (unpaired) electrons. The van der Waals surface area contributed by atoms with E-state index in [0.717, 1.165) is 12.1 Å². The van der Waals surface area contributed by atoms with Gasteiger partial charge in [0.15, 0.2) is 0 Å². The van der Waals surface area contributed by atoms with Gasteiger partial charge >= 0.3 is 12.1 Å². The zero-order valence-corrected chi connectivity index (χ0v) is 10.0. The molecule has 0 aliphatic carbocycles. The Bertz CT molecular complexity index is 557. The van der Waals surface area contributed by atoms with Gasteiger partial charge in [0.05, 0.1) is 5.56 Å². The van der Waals surface area contributed by atoms with Crippen molar-refractivity contribution in [2.24, 2.45) is 0 Å². The van der Waals surface area contributed by atoms with E-state index in [0.29, 0.717) is 6.07 Å². The molecule has 1 aromatic carbocycles. The van der Waals surface area contributed by atoms with Gasteiger partial charge in [-0.2, -0.15) is 13.2 Å². The zero-order chi connectivity index (χ0) is 15.7. The molecule has 1 unspecified atom stereocenters. The maximum absolute atomic E-state index is 12.7. The van der Waals surface area contributed by atoms with E-state index >= 15 is 0 Å². The fourth-order valence-corrected chi connectivity index (χ4v) is 1.25. The van der Waals surface area contributed by atoms with Crippen LogP contribution in [-0.4, -0.2) is 38.9 Å². The van der Waals surface area contributed by atoms with Gasteiger partial charge in [-0.15, -0.1) is 0 Å². The van der Waals surface area contributed by atoms with Crippen LogP contribution in [0.25, 0.3) is 0 Å². The van der Waals surface area contributed by atoms with E-state index in [1.807, 2.05) is 0 Å². The summed E-state index contributed by atoms with van der Waals surface area (Å²) in [5.74, 6) is -4.97. The van der Waals surface area contributed by atoms with Crippen molar-refractivity contribution in [3.05, 3.63) is 23.8 Å². The Morgan fingerprint density at radius 1 is 1.20 bits per heavy atom. The second-order valence-electron chi connectivity index (χ2n) is 4.08. The molecule has 1 aromatic rings. The number of aromatic hydroxyl groups is 2. The Balaban J connectivity index is 3.16. The Morgan fingerprint density at radius 2 is 1.75 bits per heavy atom.